The topological polar surface area (TPSA) is 69.6 Å². The zero-order valence-electron chi connectivity index (χ0n) is 14.5. The zero-order valence-corrected chi connectivity index (χ0v) is 15.3. The Labute approximate surface area is 157 Å². The highest BCUT2D eigenvalue weighted by atomic mass is 35.5. The van der Waals surface area contributed by atoms with Gasteiger partial charge in [-0.15, -0.1) is 0 Å². The number of carbonyl (C=O) groups excluding carboxylic acids is 2. The number of aromatic hydroxyl groups is 1. The number of carbonyl (C=O) groups is 2. The summed E-state index contributed by atoms with van der Waals surface area (Å²) in [5, 5.41) is 12.6. The van der Waals surface area contributed by atoms with Gasteiger partial charge in [0.05, 0.1) is 10.9 Å². The molecule has 0 radical (unpaired) electrons. The van der Waals surface area contributed by atoms with Gasteiger partial charge in [-0.3, -0.25) is 9.59 Å². The second kappa shape index (κ2) is 7.79. The Bertz CT molecular complexity index is 820. The van der Waals surface area contributed by atoms with E-state index in [2.05, 4.69) is 5.32 Å². The fourth-order valence-electron chi connectivity index (χ4n) is 3.15. The molecule has 2 aromatic carbocycles. The number of amides is 2. The normalized spacial score (nSPS) is 16.5. The third-order valence-corrected chi connectivity index (χ3v) is 4.91. The molecule has 1 atom stereocenters. The van der Waals surface area contributed by atoms with Crippen LogP contribution in [0.4, 0.5) is 0 Å². The van der Waals surface area contributed by atoms with Crippen LogP contribution < -0.4 is 5.32 Å². The highest BCUT2D eigenvalue weighted by Gasteiger charge is 2.31. The molecule has 1 fully saturated rings. The molecular formula is C20H21ClN2O3. The standard InChI is InChI=1S/C20H21ClN2O3/c1-2-22-19(25)16-9-10-23(12-16)20(26)14-5-3-13(4-6-14)15-7-8-18(24)17(21)11-15/h3-8,11,16,24H,2,9-10,12H2,1H3,(H,22,25)/t16-/m1/s1. The second-order valence-electron chi connectivity index (χ2n) is 6.37. The number of hydrogen-bond donors (Lipinski definition) is 2. The lowest BCUT2D eigenvalue weighted by atomic mass is 10.0. The van der Waals surface area contributed by atoms with E-state index in [4.69, 9.17) is 11.6 Å². The van der Waals surface area contributed by atoms with Crippen LogP contribution in [-0.4, -0.2) is 41.5 Å². The highest BCUT2D eigenvalue weighted by Crippen LogP contribution is 2.29. The van der Waals surface area contributed by atoms with Gasteiger partial charge in [-0.05, 0) is 48.7 Å². The van der Waals surface area contributed by atoms with Crippen molar-refractivity contribution in [2.45, 2.75) is 13.3 Å². The molecule has 0 unspecified atom stereocenters. The Morgan fingerprint density at radius 2 is 1.88 bits per heavy atom. The summed E-state index contributed by atoms with van der Waals surface area (Å²) in [4.78, 5) is 26.3. The molecule has 1 saturated heterocycles. The smallest absolute Gasteiger partial charge is 0.253 e. The third-order valence-electron chi connectivity index (χ3n) is 4.61. The summed E-state index contributed by atoms with van der Waals surface area (Å²) in [5.41, 5.74) is 2.37. The minimum absolute atomic E-state index is 0.0161. The van der Waals surface area contributed by atoms with Crippen molar-refractivity contribution in [3.63, 3.8) is 0 Å². The largest absolute Gasteiger partial charge is 0.506 e. The number of benzene rings is 2. The molecule has 1 aliphatic rings. The van der Waals surface area contributed by atoms with Gasteiger partial charge >= 0.3 is 0 Å². The summed E-state index contributed by atoms with van der Waals surface area (Å²) in [6.45, 7) is 3.54. The molecule has 0 bridgehead atoms. The molecule has 0 spiro atoms. The molecule has 2 amide bonds. The number of phenolic OH excluding ortho intramolecular Hbond substituents is 1. The summed E-state index contributed by atoms with van der Waals surface area (Å²) < 4.78 is 0. The quantitative estimate of drug-likeness (QED) is 0.865. The van der Waals surface area contributed by atoms with Crippen LogP contribution >= 0.6 is 11.6 Å². The Morgan fingerprint density at radius 3 is 2.54 bits per heavy atom. The van der Waals surface area contributed by atoms with Gasteiger partial charge in [-0.25, -0.2) is 0 Å². The number of halogens is 1. The number of nitrogens with one attached hydrogen (secondary N) is 1. The minimum Gasteiger partial charge on any atom is -0.506 e. The van der Waals surface area contributed by atoms with Crippen LogP contribution in [0.25, 0.3) is 11.1 Å². The van der Waals surface area contributed by atoms with E-state index in [0.717, 1.165) is 11.1 Å². The number of rotatable bonds is 4. The van der Waals surface area contributed by atoms with Gasteiger partial charge in [-0.1, -0.05) is 29.8 Å². The SMILES string of the molecule is CCNC(=O)[C@@H]1CCN(C(=O)c2ccc(-c3ccc(O)c(Cl)c3)cc2)C1. The average Bonchev–Trinajstić information content (AvgIpc) is 3.14. The van der Waals surface area contributed by atoms with E-state index in [1.807, 2.05) is 19.1 Å². The van der Waals surface area contributed by atoms with Crippen molar-refractivity contribution in [3.8, 4) is 16.9 Å². The fraction of sp³-hybridized carbons (Fsp3) is 0.300. The molecule has 6 heteroatoms. The van der Waals surface area contributed by atoms with Gasteiger partial charge in [0.1, 0.15) is 5.75 Å². The fourth-order valence-corrected chi connectivity index (χ4v) is 3.33. The summed E-state index contributed by atoms with van der Waals surface area (Å²) in [6.07, 6.45) is 0.696. The Morgan fingerprint density at radius 1 is 1.19 bits per heavy atom. The monoisotopic (exact) mass is 372 g/mol. The highest BCUT2D eigenvalue weighted by molar-refractivity contribution is 6.32. The lowest BCUT2D eigenvalue weighted by Gasteiger charge is -2.16. The Kier molecular flexibility index (Phi) is 5.47. The summed E-state index contributed by atoms with van der Waals surface area (Å²) in [5.74, 6) is -0.135. The van der Waals surface area contributed by atoms with Gasteiger partial charge in [0.15, 0.2) is 0 Å². The molecule has 1 heterocycles. The van der Waals surface area contributed by atoms with Gasteiger partial charge in [-0.2, -0.15) is 0 Å². The van der Waals surface area contributed by atoms with E-state index in [0.29, 0.717) is 31.6 Å². The van der Waals surface area contributed by atoms with E-state index in [-0.39, 0.29) is 28.5 Å². The molecule has 2 N–H and O–H groups in total. The van der Waals surface area contributed by atoms with Crippen molar-refractivity contribution in [1.29, 1.82) is 0 Å². The summed E-state index contributed by atoms with van der Waals surface area (Å²) >= 11 is 5.95. The predicted octanol–water partition coefficient (Wildman–Crippen LogP) is 3.31. The van der Waals surface area contributed by atoms with Crippen molar-refractivity contribution in [2.75, 3.05) is 19.6 Å². The number of nitrogens with zero attached hydrogens (tertiary/aromatic N) is 1. The van der Waals surface area contributed by atoms with Crippen LogP contribution in [0.2, 0.25) is 5.02 Å². The van der Waals surface area contributed by atoms with Crippen LogP contribution in [0.1, 0.15) is 23.7 Å². The molecule has 26 heavy (non-hydrogen) atoms. The minimum atomic E-state index is -0.127. The maximum absolute atomic E-state index is 12.7. The first-order valence-electron chi connectivity index (χ1n) is 8.65. The lowest BCUT2D eigenvalue weighted by Crippen LogP contribution is -2.34. The third kappa shape index (κ3) is 3.83. The van der Waals surface area contributed by atoms with Crippen LogP contribution in [0.15, 0.2) is 42.5 Å². The molecule has 5 nitrogen and oxygen atoms in total. The molecule has 0 aromatic heterocycles. The van der Waals surface area contributed by atoms with Gasteiger partial charge in [0.2, 0.25) is 5.91 Å². The average molecular weight is 373 g/mol. The van der Waals surface area contributed by atoms with Crippen molar-refractivity contribution in [1.82, 2.24) is 10.2 Å². The number of phenols is 1. The van der Waals surface area contributed by atoms with Gasteiger partial charge in [0.25, 0.3) is 5.91 Å². The Balaban J connectivity index is 1.69. The lowest BCUT2D eigenvalue weighted by molar-refractivity contribution is -0.124. The Hall–Kier alpha value is -2.53. The molecule has 2 aromatic rings. The molecule has 136 valence electrons. The van der Waals surface area contributed by atoms with E-state index >= 15 is 0 Å². The second-order valence-corrected chi connectivity index (χ2v) is 6.78. The first kappa shape index (κ1) is 18.3. The van der Waals surface area contributed by atoms with Crippen LogP contribution in [0.3, 0.4) is 0 Å². The van der Waals surface area contributed by atoms with Gasteiger partial charge < -0.3 is 15.3 Å². The first-order chi connectivity index (χ1) is 12.5. The van der Waals surface area contributed by atoms with Crippen molar-refractivity contribution < 1.29 is 14.7 Å². The van der Waals surface area contributed by atoms with Crippen LogP contribution in [0.5, 0.6) is 5.75 Å². The first-order valence-corrected chi connectivity index (χ1v) is 9.03. The molecule has 1 aliphatic heterocycles. The summed E-state index contributed by atoms with van der Waals surface area (Å²) in [6, 6.07) is 12.3. The predicted molar refractivity (Wildman–Crippen MR) is 101 cm³/mol. The molecule has 3 rings (SSSR count). The summed E-state index contributed by atoms with van der Waals surface area (Å²) in [7, 11) is 0. The van der Waals surface area contributed by atoms with E-state index in [9.17, 15) is 14.7 Å². The van der Waals surface area contributed by atoms with Crippen molar-refractivity contribution >= 4 is 23.4 Å². The molecule has 0 saturated carbocycles. The van der Waals surface area contributed by atoms with E-state index in [1.54, 1.807) is 35.2 Å². The maximum Gasteiger partial charge on any atom is 0.253 e. The number of hydrogen-bond acceptors (Lipinski definition) is 3. The van der Waals surface area contributed by atoms with Crippen molar-refractivity contribution in [3.05, 3.63) is 53.1 Å². The van der Waals surface area contributed by atoms with E-state index in [1.165, 1.54) is 0 Å². The van der Waals surface area contributed by atoms with Crippen molar-refractivity contribution in [2.24, 2.45) is 5.92 Å². The number of likely N-dealkylation sites (tertiary alicyclic amines) is 1. The molecule has 0 aliphatic carbocycles. The van der Waals surface area contributed by atoms with E-state index < -0.39 is 0 Å². The zero-order chi connectivity index (χ0) is 18.7. The van der Waals surface area contributed by atoms with Gasteiger partial charge in [0, 0.05) is 25.2 Å². The molecular weight excluding hydrogens is 352 g/mol. The maximum atomic E-state index is 12.7. The van der Waals surface area contributed by atoms with Crippen LogP contribution in [0, 0.1) is 5.92 Å². The van der Waals surface area contributed by atoms with Crippen LogP contribution in [-0.2, 0) is 4.79 Å².